The lowest BCUT2D eigenvalue weighted by Crippen LogP contribution is -2.31. The van der Waals surface area contributed by atoms with E-state index in [-0.39, 0.29) is 5.91 Å². The van der Waals surface area contributed by atoms with Crippen molar-refractivity contribution in [3.05, 3.63) is 89.6 Å². The average Bonchev–Trinajstić information content (AvgIpc) is 3.41. The molecule has 0 spiro atoms. The minimum absolute atomic E-state index is 0.281. The third kappa shape index (κ3) is 4.98. The Kier molecular flexibility index (Phi) is 7.72. The molecule has 0 fully saturated rings. The third-order valence-electron chi connectivity index (χ3n) is 7.14. The molecule has 1 aliphatic heterocycles. The number of benzene rings is 3. The van der Waals surface area contributed by atoms with Gasteiger partial charge in [-0.2, -0.15) is 4.98 Å². The van der Waals surface area contributed by atoms with Crippen LogP contribution in [0, 0.1) is 0 Å². The van der Waals surface area contributed by atoms with Gasteiger partial charge in [0.25, 0.3) is 5.91 Å². The van der Waals surface area contributed by atoms with Gasteiger partial charge in [0, 0.05) is 35.6 Å². The van der Waals surface area contributed by atoms with Crippen molar-refractivity contribution in [1.82, 2.24) is 14.8 Å². The van der Waals surface area contributed by atoms with E-state index in [4.69, 9.17) is 19.6 Å². The first-order valence-corrected chi connectivity index (χ1v) is 13.4. The number of hydrogen-bond acceptors (Lipinski definition) is 7. The molecule has 1 amide bonds. The Bertz CT molecular complexity index is 1540. The zero-order valence-corrected chi connectivity index (χ0v) is 23.4. The normalized spacial score (nSPS) is 14.3. The Labute approximate surface area is 234 Å². The Balaban J connectivity index is 1.58. The Morgan fingerprint density at radius 1 is 0.950 bits per heavy atom. The van der Waals surface area contributed by atoms with E-state index in [1.165, 1.54) is 0 Å². The average molecular weight is 539 g/mol. The van der Waals surface area contributed by atoms with Gasteiger partial charge in [-0.15, -0.1) is 5.10 Å². The first kappa shape index (κ1) is 26.8. The van der Waals surface area contributed by atoms with Crippen LogP contribution in [-0.4, -0.2) is 48.0 Å². The zero-order chi connectivity index (χ0) is 28.2. The zero-order valence-electron chi connectivity index (χ0n) is 23.4. The summed E-state index contributed by atoms with van der Waals surface area (Å²) in [5, 5.41) is 11.2. The minimum atomic E-state index is -0.585. The van der Waals surface area contributed by atoms with Crippen molar-refractivity contribution in [1.29, 1.82) is 0 Å². The molecule has 3 aromatic carbocycles. The number of fused-ring (bicyclic) bond motifs is 1. The van der Waals surface area contributed by atoms with Gasteiger partial charge in [0.2, 0.25) is 5.95 Å². The summed E-state index contributed by atoms with van der Waals surface area (Å²) in [6.45, 7) is 8.02. The number of allylic oxidation sites excluding steroid dienone is 1. The highest BCUT2D eigenvalue weighted by Gasteiger charge is 2.36. The molecular weight excluding hydrogens is 504 g/mol. The summed E-state index contributed by atoms with van der Waals surface area (Å²) >= 11 is 0. The van der Waals surface area contributed by atoms with Gasteiger partial charge in [-0.25, -0.2) is 4.68 Å². The lowest BCUT2D eigenvalue weighted by molar-refractivity contribution is -0.113. The number of methoxy groups -OCH3 is 2. The summed E-state index contributed by atoms with van der Waals surface area (Å²) in [6.07, 6.45) is 0. The van der Waals surface area contributed by atoms with Crippen molar-refractivity contribution >= 4 is 23.2 Å². The number of nitrogens with zero attached hydrogens (tertiary/aromatic N) is 4. The maximum absolute atomic E-state index is 13.9. The van der Waals surface area contributed by atoms with Gasteiger partial charge >= 0.3 is 0 Å². The van der Waals surface area contributed by atoms with Crippen LogP contribution in [0.4, 0.5) is 17.3 Å². The van der Waals surface area contributed by atoms with Crippen LogP contribution in [0.1, 0.15) is 32.4 Å². The SMILES string of the molecule is CCN(CC)c1ccc(-c2nc3n(n2)C(c2ccccc2OC)C(C(=O)Nc2ccccc2OC)=C(C)N3)cc1. The van der Waals surface area contributed by atoms with Crippen LogP contribution in [0.3, 0.4) is 0 Å². The summed E-state index contributed by atoms with van der Waals surface area (Å²) in [5.74, 6) is 2.05. The van der Waals surface area contributed by atoms with Crippen LogP contribution >= 0.6 is 0 Å². The van der Waals surface area contributed by atoms with Gasteiger partial charge < -0.3 is 25.0 Å². The van der Waals surface area contributed by atoms with E-state index in [1.807, 2.05) is 61.5 Å². The smallest absolute Gasteiger partial charge is 0.255 e. The quantitative estimate of drug-likeness (QED) is 0.281. The molecule has 2 N–H and O–H groups in total. The van der Waals surface area contributed by atoms with E-state index in [9.17, 15) is 4.79 Å². The maximum Gasteiger partial charge on any atom is 0.255 e. The van der Waals surface area contributed by atoms with Gasteiger partial charge in [-0.3, -0.25) is 4.79 Å². The van der Waals surface area contributed by atoms with E-state index in [2.05, 4.69) is 41.5 Å². The van der Waals surface area contributed by atoms with Gasteiger partial charge in [0.05, 0.1) is 25.5 Å². The molecule has 1 aromatic heterocycles. The molecule has 0 aliphatic carbocycles. The first-order valence-electron chi connectivity index (χ1n) is 13.4. The van der Waals surface area contributed by atoms with E-state index in [1.54, 1.807) is 25.0 Å². The third-order valence-corrected chi connectivity index (χ3v) is 7.14. The van der Waals surface area contributed by atoms with E-state index in [0.29, 0.717) is 40.2 Å². The van der Waals surface area contributed by atoms with Crippen molar-refractivity contribution in [2.75, 3.05) is 42.8 Å². The second-order valence-electron chi connectivity index (χ2n) is 9.39. The summed E-state index contributed by atoms with van der Waals surface area (Å²) in [4.78, 5) is 21.0. The molecule has 0 saturated heterocycles. The van der Waals surface area contributed by atoms with Crippen LogP contribution in [0.5, 0.6) is 11.5 Å². The van der Waals surface area contributed by atoms with Gasteiger partial charge in [0.1, 0.15) is 17.5 Å². The molecule has 9 nitrogen and oxygen atoms in total. The Morgan fingerprint density at radius 3 is 2.27 bits per heavy atom. The van der Waals surface area contributed by atoms with Gasteiger partial charge in [-0.1, -0.05) is 30.3 Å². The molecule has 0 radical (unpaired) electrons. The monoisotopic (exact) mass is 538 g/mol. The van der Waals surface area contributed by atoms with Gasteiger partial charge in [0.15, 0.2) is 5.82 Å². The largest absolute Gasteiger partial charge is 0.496 e. The van der Waals surface area contributed by atoms with Crippen molar-refractivity contribution in [3.63, 3.8) is 0 Å². The van der Waals surface area contributed by atoms with Crippen LogP contribution < -0.4 is 25.0 Å². The summed E-state index contributed by atoms with van der Waals surface area (Å²) in [6, 6.07) is 22.6. The number of rotatable bonds is 9. The summed E-state index contributed by atoms with van der Waals surface area (Å²) in [5.41, 5.74) is 4.58. The Hall–Kier alpha value is -4.79. The highest BCUT2D eigenvalue weighted by Crippen LogP contribution is 2.40. The molecule has 5 rings (SSSR count). The van der Waals surface area contributed by atoms with Crippen LogP contribution in [0.2, 0.25) is 0 Å². The number of para-hydroxylation sites is 3. The fourth-order valence-corrected chi connectivity index (χ4v) is 5.09. The lowest BCUT2D eigenvalue weighted by Gasteiger charge is -2.29. The predicted molar refractivity (Wildman–Crippen MR) is 158 cm³/mol. The van der Waals surface area contributed by atoms with E-state index in [0.717, 1.165) is 29.9 Å². The lowest BCUT2D eigenvalue weighted by atomic mass is 9.94. The van der Waals surface area contributed by atoms with E-state index >= 15 is 0 Å². The molecule has 0 saturated carbocycles. The molecule has 9 heteroatoms. The number of amides is 1. The van der Waals surface area contributed by atoms with Crippen LogP contribution in [0.15, 0.2) is 84.1 Å². The highest BCUT2D eigenvalue weighted by molar-refractivity contribution is 6.06. The molecule has 1 unspecified atom stereocenters. The topological polar surface area (TPSA) is 93.5 Å². The second-order valence-corrected chi connectivity index (χ2v) is 9.39. The molecule has 206 valence electrons. The predicted octanol–water partition coefficient (Wildman–Crippen LogP) is 5.74. The van der Waals surface area contributed by atoms with Gasteiger partial charge in [-0.05, 0) is 63.2 Å². The number of hydrogen-bond donors (Lipinski definition) is 2. The first-order chi connectivity index (χ1) is 19.5. The number of aromatic nitrogens is 3. The molecule has 0 bridgehead atoms. The molecule has 1 aliphatic rings. The fraction of sp³-hybridized carbons (Fsp3) is 0.258. The molecule has 1 atom stereocenters. The number of anilines is 3. The molecular formula is C31H34N6O3. The van der Waals surface area contributed by atoms with Crippen molar-refractivity contribution in [2.45, 2.75) is 26.8 Å². The van der Waals surface area contributed by atoms with Crippen molar-refractivity contribution in [2.24, 2.45) is 0 Å². The van der Waals surface area contributed by atoms with Crippen molar-refractivity contribution < 1.29 is 14.3 Å². The van der Waals surface area contributed by atoms with Crippen LogP contribution in [-0.2, 0) is 4.79 Å². The minimum Gasteiger partial charge on any atom is -0.496 e. The standard InChI is InChI=1S/C31H34N6O3/c1-6-36(7-2)22-18-16-21(17-19-22)29-34-31-32-20(3)27(30(38)33-24-13-9-11-15-26(24)40-5)28(37(31)35-29)23-12-8-10-14-25(23)39-4/h8-19,28H,6-7H2,1-5H3,(H,33,38)(H,32,34,35). The maximum atomic E-state index is 13.9. The number of ether oxygens (including phenoxy) is 2. The molecule has 40 heavy (non-hydrogen) atoms. The number of nitrogens with one attached hydrogen (secondary N) is 2. The summed E-state index contributed by atoms with van der Waals surface area (Å²) in [7, 11) is 3.20. The fourth-order valence-electron chi connectivity index (χ4n) is 5.09. The second kappa shape index (κ2) is 11.5. The van der Waals surface area contributed by atoms with Crippen molar-refractivity contribution in [3.8, 4) is 22.9 Å². The number of carbonyl (C=O) groups excluding carboxylic acids is 1. The summed E-state index contributed by atoms with van der Waals surface area (Å²) < 4.78 is 12.9. The number of carbonyl (C=O) groups is 1. The molecule has 4 aromatic rings. The Morgan fingerprint density at radius 2 is 1.60 bits per heavy atom. The highest BCUT2D eigenvalue weighted by atomic mass is 16.5. The molecule has 2 heterocycles. The van der Waals surface area contributed by atoms with E-state index < -0.39 is 6.04 Å². The van der Waals surface area contributed by atoms with Crippen LogP contribution in [0.25, 0.3) is 11.4 Å².